The van der Waals surface area contributed by atoms with E-state index in [1.54, 1.807) is 12.3 Å². The molecule has 0 spiro atoms. The molecular formula is C12H15BrN2O2. The summed E-state index contributed by atoms with van der Waals surface area (Å²) in [6.07, 6.45) is 3.91. The zero-order valence-corrected chi connectivity index (χ0v) is 11.3. The highest BCUT2D eigenvalue weighted by Crippen LogP contribution is 2.28. The van der Waals surface area contributed by atoms with Crippen molar-refractivity contribution in [2.45, 2.75) is 19.8 Å². The van der Waals surface area contributed by atoms with E-state index < -0.39 is 5.97 Å². The van der Waals surface area contributed by atoms with Crippen LogP contribution in [0.15, 0.2) is 16.7 Å². The maximum absolute atomic E-state index is 11.2. The van der Waals surface area contributed by atoms with Gasteiger partial charge in [0, 0.05) is 23.8 Å². The molecule has 0 bridgehead atoms. The molecule has 0 radical (unpaired) electrons. The van der Waals surface area contributed by atoms with Gasteiger partial charge in [-0.15, -0.1) is 0 Å². The van der Waals surface area contributed by atoms with Gasteiger partial charge in [0.05, 0.1) is 0 Å². The number of pyridine rings is 1. The first-order chi connectivity index (χ1) is 8.11. The first-order valence-corrected chi connectivity index (χ1v) is 6.55. The van der Waals surface area contributed by atoms with Crippen LogP contribution in [0.5, 0.6) is 0 Å². The number of carboxylic acid groups (broad SMARTS) is 1. The fraction of sp³-hybridized carbons (Fsp3) is 0.500. The van der Waals surface area contributed by atoms with Crippen LogP contribution in [0.1, 0.15) is 30.1 Å². The minimum absolute atomic E-state index is 0.274. The number of nitrogens with zero attached hydrogens (tertiary/aromatic N) is 2. The van der Waals surface area contributed by atoms with Gasteiger partial charge in [0.25, 0.3) is 0 Å². The van der Waals surface area contributed by atoms with Crippen molar-refractivity contribution in [3.63, 3.8) is 0 Å². The van der Waals surface area contributed by atoms with E-state index in [9.17, 15) is 9.90 Å². The van der Waals surface area contributed by atoms with Gasteiger partial charge in [-0.3, -0.25) is 0 Å². The Kier molecular flexibility index (Phi) is 3.66. The van der Waals surface area contributed by atoms with Crippen LogP contribution < -0.4 is 4.90 Å². The topological polar surface area (TPSA) is 53.4 Å². The fourth-order valence-corrected chi connectivity index (χ4v) is 2.53. The number of hydrogen-bond donors (Lipinski definition) is 1. The molecule has 92 valence electrons. The summed E-state index contributed by atoms with van der Waals surface area (Å²) in [6, 6.07) is 1.62. The van der Waals surface area contributed by atoms with E-state index in [2.05, 4.69) is 32.7 Å². The lowest BCUT2D eigenvalue weighted by molar-refractivity contribution is 0.0697. The van der Waals surface area contributed by atoms with Crippen molar-refractivity contribution in [2.75, 3.05) is 18.0 Å². The number of hydrogen-bond acceptors (Lipinski definition) is 3. The Labute approximate surface area is 109 Å². The van der Waals surface area contributed by atoms with Gasteiger partial charge >= 0.3 is 5.97 Å². The lowest BCUT2D eigenvalue weighted by Crippen LogP contribution is -2.23. The Morgan fingerprint density at radius 3 is 3.06 bits per heavy atom. The van der Waals surface area contributed by atoms with E-state index >= 15 is 0 Å². The largest absolute Gasteiger partial charge is 0.478 e. The van der Waals surface area contributed by atoms with Gasteiger partial charge in [0.15, 0.2) is 0 Å². The van der Waals surface area contributed by atoms with Crippen molar-refractivity contribution in [2.24, 2.45) is 5.92 Å². The van der Waals surface area contributed by atoms with E-state index in [0.29, 0.717) is 16.2 Å². The molecule has 0 aromatic carbocycles. The summed E-state index contributed by atoms with van der Waals surface area (Å²) >= 11 is 3.25. The molecule has 1 aliphatic rings. The first-order valence-electron chi connectivity index (χ1n) is 5.75. The summed E-state index contributed by atoms with van der Waals surface area (Å²) in [5, 5.41) is 9.19. The maximum atomic E-state index is 11.2. The Balaban J connectivity index is 2.29. The molecule has 1 N–H and O–H groups in total. The van der Waals surface area contributed by atoms with Crippen molar-refractivity contribution >= 4 is 27.7 Å². The predicted molar refractivity (Wildman–Crippen MR) is 69.5 cm³/mol. The molecule has 2 heterocycles. The molecule has 1 unspecified atom stereocenters. The Bertz CT molecular complexity index is 437. The molecule has 1 aliphatic heterocycles. The van der Waals surface area contributed by atoms with E-state index in [4.69, 9.17) is 0 Å². The highest BCUT2D eigenvalue weighted by molar-refractivity contribution is 9.10. The number of carbonyl (C=O) groups is 1. The molecule has 1 aromatic rings. The number of rotatable bonds is 3. The highest BCUT2D eigenvalue weighted by atomic mass is 79.9. The van der Waals surface area contributed by atoms with E-state index in [-0.39, 0.29) is 5.56 Å². The molecule has 0 aliphatic carbocycles. The van der Waals surface area contributed by atoms with Crippen molar-refractivity contribution in [1.29, 1.82) is 0 Å². The van der Waals surface area contributed by atoms with Crippen molar-refractivity contribution < 1.29 is 9.90 Å². The van der Waals surface area contributed by atoms with Crippen LogP contribution >= 0.6 is 15.9 Å². The number of aromatic carboxylic acids is 1. The molecule has 5 heteroatoms. The van der Waals surface area contributed by atoms with Gasteiger partial charge in [0.2, 0.25) is 0 Å². The first kappa shape index (κ1) is 12.4. The highest BCUT2D eigenvalue weighted by Gasteiger charge is 2.25. The summed E-state index contributed by atoms with van der Waals surface area (Å²) < 4.78 is 0.699. The molecule has 17 heavy (non-hydrogen) atoms. The van der Waals surface area contributed by atoms with Gasteiger partial charge in [0.1, 0.15) is 11.4 Å². The Hall–Kier alpha value is -1.10. The van der Waals surface area contributed by atoms with E-state index in [0.717, 1.165) is 25.9 Å². The van der Waals surface area contributed by atoms with Crippen LogP contribution in [-0.2, 0) is 0 Å². The van der Waals surface area contributed by atoms with E-state index in [1.165, 1.54) is 0 Å². The zero-order valence-electron chi connectivity index (χ0n) is 9.69. The number of aromatic nitrogens is 1. The molecule has 1 atom stereocenters. The van der Waals surface area contributed by atoms with Gasteiger partial charge in [-0.05, 0) is 34.3 Å². The average Bonchev–Trinajstić information content (AvgIpc) is 2.77. The Morgan fingerprint density at radius 1 is 1.71 bits per heavy atom. The van der Waals surface area contributed by atoms with Gasteiger partial charge in [-0.25, -0.2) is 9.78 Å². The maximum Gasteiger partial charge on any atom is 0.339 e. The van der Waals surface area contributed by atoms with Crippen LogP contribution in [0.2, 0.25) is 0 Å². The average molecular weight is 299 g/mol. The van der Waals surface area contributed by atoms with Crippen LogP contribution in [-0.4, -0.2) is 29.1 Å². The monoisotopic (exact) mass is 298 g/mol. The third-order valence-electron chi connectivity index (χ3n) is 3.23. The summed E-state index contributed by atoms with van der Waals surface area (Å²) in [5.41, 5.74) is 0.274. The van der Waals surface area contributed by atoms with Gasteiger partial charge < -0.3 is 10.0 Å². The smallest absolute Gasteiger partial charge is 0.339 e. The van der Waals surface area contributed by atoms with Crippen molar-refractivity contribution in [3.05, 3.63) is 22.3 Å². The summed E-state index contributed by atoms with van der Waals surface area (Å²) in [7, 11) is 0. The van der Waals surface area contributed by atoms with Crippen LogP contribution in [0, 0.1) is 5.92 Å². The quantitative estimate of drug-likeness (QED) is 0.932. The predicted octanol–water partition coefficient (Wildman–Crippen LogP) is 2.78. The van der Waals surface area contributed by atoms with Crippen LogP contribution in [0.4, 0.5) is 5.82 Å². The van der Waals surface area contributed by atoms with Crippen LogP contribution in [0.3, 0.4) is 0 Å². The van der Waals surface area contributed by atoms with Gasteiger partial charge in [-0.2, -0.15) is 0 Å². The lowest BCUT2D eigenvalue weighted by Gasteiger charge is -2.19. The summed E-state index contributed by atoms with van der Waals surface area (Å²) in [6.45, 7) is 3.97. The lowest BCUT2D eigenvalue weighted by atomic mass is 10.1. The Morgan fingerprint density at radius 2 is 2.47 bits per heavy atom. The number of anilines is 1. The SMILES string of the molecule is CCC1CCN(c2ncc(Br)cc2C(=O)O)C1. The molecule has 0 saturated carbocycles. The third kappa shape index (κ3) is 2.60. The van der Waals surface area contributed by atoms with Gasteiger partial charge in [-0.1, -0.05) is 13.3 Å². The van der Waals surface area contributed by atoms with Crippen LogP contribution in [0.25, 0.3) is 0 Å². The summed E-state index contributed by atoms with van der Waals surface area (Å²) in [4.78, 5) is 17.5. The number of halogens is 1. The molecule has 0 amide bonds. The second kappa shape index (κ2) is 5.04. The number of carboxylic acids is 1. The van der Waals surface area contributed by atoms with Crippen molar-refractivity contribution in [3.8, 4) is 0 Å². The normalized spacial score (nSPS) is 19.6. The molecule has 4 nitrogen and oxygen atoms in total. The minimum Gasteiger partial charge on any atom is -0.478 e. The van der Waals surface area contributed by atoms with E-state index in [1.807, 2.05) is 0 Å². The second-order valence-electron chi connectivity index (χ2n) is 4.34. The van der Waals surface area contributed by atoms with Crippen molar-refractivity contribution in [1.82, 2.24) is 4.98 Å². The third-order valence-corrected chi connectivity index (χ3v) is 3.66. The summed E-state index contributed by atoms with van der Waals surface area (Å²) in [5.74, 6) is 0.326. The second-order valence-corrected chi connectivity index (χ2v) is 5.25. The molecule has 1 fully saturated rings. The fourth-order valence-electron chi connectivity index (χ4n) is 2.20. The molecule has 1 saturated heterocycles. The molecule has 1 aromatic heterocycles. The molecular weight excluding hydrogens is 284 g/mol. The zero-order chi connectivity index (χ0) is 12.4. The molecule has 2 rings (SSSR count). The minimum atomic E-state index is -0.922. The standard InChI is InChI=1S/C12H15BrN2O2/c1-2-8-3-4-15(7-8)11-10(12(16)17)5-9(13)6-14-11/h5-6,8H,2-4,7H2,1H3,(H,16,17).